The molecule has 2 aromatic rings. The Hall–Kier alpha value is -3.76. The van der Waals surface area contributed by atoms with Gasteiger partial charge in [0.2, 0.25) is 0 Å². The van der Waals surface area contributed by atoms with E-state index in [4.69, 9.17) is 9.47 Å². The molecule has 29 heavy (non-hydrogen) atoms. The Balaban J connectivity index is 2.13. The topological polar surface area (TPSA) is 117 Å². The van der Waals surface area contributed by atoms with E-state index in [1.807, 2.05) is 0 Å². The summed E-state index contributed by atoms with van der Waals surface area (Å²) in [4.78, 5) is 34.8. The average molecular weight is 410 g/mol. The van der Waals surface area contributed by atoms with E-state index in [-0.39, 0.29) is 22.7 Å². The summed E-state index contributed by atoms with van der Waals surface area (Å²) in [6.07, 6.45) is -1.36. The lowest BCUT2D eigenvalue weighted by Gasteiger charge is -2.16. The second kappa shape index (κ2) is 9.44. The van der Waals surface area contributed by atoms with Crippen LogP contribution in [0.25, 0.3) is 0 Å². The number of nitro groups is 1. The molecule has 1 atom stereocenters. The van der Waals surface area contributed by atoms with Gasteiger partial charge in [-0.3, -0.25) is 14.9 Å². The zero-order chi connectivity index (χ0) is 21.6. The van der Waals surface area contributed by atoms with Crippen LogP contribution in [0, 0.1) is 10.1 Å². The molecule has 0 bridgehead atoms. The largest absolute Gasteiger partial charge is 0.495 e. The lowest BCUT2D eigenvalue weighted by Crippen LogP contribution is -2.30. The molecule has 2 aromatic carbocycles. The van der Waals surface area contributed by atoms with Gasteiger partial charge in [0.25, 0.3) is 11.6 Å². The van der Waals surface area contributed by atoms with Gasteiger partial charge in [0.05, 0.1) is 17.7 Å². The molecule has 0 radical (unpaired) electrons. The minimum atomic E-state index is -3.15. The Morgan fingerprint density at radius 3 is 2.45 bits per heavy atom. The number of nitro benzene ring substituents is 1. The van der Waals surface area contributed by atoms with Crippen molar-refractivity contribution in [3.05, 3.63) is 58.1 Å². The molecule has 154 valence electrons. The maximum absolute atomic E-state index is 12.5. The molecule has 9 nitrogen and oxygen atoms in total. The Morgan fingerprint density at radius 1 is 1.14 bits per heavy atom. The minimum absolute atomic E-state index is 0.00367. The monoisotopic (exact) mass is 410 g/mol. The van der Waals surface area contributed by atoms with E-state index in [0.717, 1.165) is 12.1 Å². The van der Waals surface area contributed by atoms with E-state index in [9.17, 15) is 28.5 Å². The molecule has 0 aliphatic carbocycles. The summed E-state index contributed by atoms with van der Waals surface area (Å²) in [5.41, 5.74) is -0.583. The van der Waals surface area contributed by atoms with Crippen LogP contribution < -0.4 is 14.8 Å². The van der Waals surface area contributed by atoms with Crippen LogP contribution in [0.3, 0.4) is 0 Å². The number of non-ortho nitro benzene ring substituents is 1. The van der Waals surface area contributed by atoms with Crippen molar-refractivity contribution in [2.45, 2.75) is 19.6 Å². The van der Waals surface area contributed by atoms with Crippen molar-refractivity contribution < 1.29 is 37.5 Å². The maximum Gasteiger partial charge on any atom is 0.387 e. The van der Waals surface area contributed by atoms with Crippen molar-refractivity contribution in [1.29, 1.82) is 0 Å². The molecule has 0 saturated carbocycles. The Kier molecular flexibility index (Phi) is 7.01. The highest BCUT2D eigenvalue weighted by atomic mass is 19.3. The highest BCUT2D eigenvalue weighted by Crippen LogP contribution is 2.29. The molecule has 0 aromatic heterocycles. The molecule has 0 aliphatic rings. The number of carbonyl (C=O) groups excluding carboxylic acids is 2. The number of carbonyl (C=O) groups is 2. The molecular formula is C18H16F2N2O7. The predicted octanol–water partition coefficient (Wildman–Crippen LogP) is 3.39. The van der Waals surface area contributed by atoms with Gasteiger partial charge in [0.1, 0.15) is 17.1 Å². The van der Waals surface area contributed by atoms with Gasteiger partial charge >= 0.3 is 12.6 Å². The maximum atomic E-state index is 12.5. The van der Waals surface area contributed by atoms with Crippen molar-refractivity contribution in [3.8, 4) is 11.5 Å². The number of ether oxygens (including phenoxy) is 3. The fourth-order valence-electron chi connectivity index (χ4n) is 2.25. The van der Waals surface area contributed by atoms with Crippen molar-refractivity contribution >= 4 is 23.3 Å². The van der Waals surface area contributed by atoms with Gasteiger partial charge in [-0.05, 0) is 25.1 Å². The number of benzene rings is 2. The minimum Gasteiger partial charge on any atom is -0.495 e. The van der Waals surface area contributed by atoms with Gasteiger partial charge in [-0.15, -0.1) is 0 Å². The number of halogens is 2. The fraction of sp³-hybridized carbons (Fsp3) is 0.222. The van der Waals surface area contributed by atoms with Crippen LogP contribution in [0.15, 0.2) is 42.5 Å². The van der Waals surface area contributed by atoms with Crippen LogP contribution in [0.1, 0.15) is 17.3 Å². The second-order valence-corrected chi connectivity index (χ2v) is 5.55. The van der Waals surface area contributed by atoms with Gasteiger partial charge in [-0.25, -0.2) is 4.79 Å². The third kappa shape index (κ3) is 5.61. The van der Waals surface area contributed by atoms with Crippen molar-refractivity contribution in [2.24, 2.45) is 0 Å². The van der Waals surface area contributed by atoms with Crippen LogP contribution in [0.2, 0.25) is 0 Å². The number of hydrogen-bond acceptors (Lipinski definition) is 7. The summed E-state index contributed by atoms with van der Waals surface area (Å²) in [6.45, 7) is -1.90. The van der Waals surface area contributed by atoms with Crippen molar-refractivity contribution in [3.63, 3.8) is 0 Å². The van der Waals surface area contributed by atoms with Gasteiger partial charge in [0.15, 0.2) is 6.10 Å². The molecule has 11 heteroatoms. The average Bonchev–Trinajstić information content (AvgIpc) is 2.67. The molecule has 0 unspecified atom stereocenters. The third-order valence-electron chi connectivity index (χ3n) is 3.63. The van der Waals surface area contributed by atoms with Crippen LogP contribution in [-0.2, 0) is 9.53 Å². The van der Waals surface area contributed by atoms with Crippen LogP contribution in [0.5, 0.6) is 11.5 Å². The smallest absolute Gasteiger partial charge is 0.387 e. The van der Waals surface area contributed by atoms with E-state index in [1.165, 1.54) is 44.4 Å². The van der Waals surface area contributed by atoms with E-state index >= 15 is 0 Å². The third-order valence-corrected chi connectivity index (χ3v) is 3.63. The Labute approximate surface area is 163 Å². The molecule has 1 N–H and O–H groups in total. The number of amides is 1. The molecule has 1 amide bonds. The first-order chi connectivity index (χ1) is 13.7. The molecule has 0 saturated heterocycles. The highest BCUT2D eigenvalue weighted by Gasteiger charge is 2.24. The first-order valence-electron chi connectivity index (χ1n) is 8.11. The second-order valence-electron chi connectivity index (χ2n) is 5.55. The standard InChI is InChI=1S/C18H16F2N2O7/c1-10(28-17(24)12-5-3-4-6-14(12)29-18(19)20)16(23)21-13-9-11(22(25)26)7-8-15(13)27-2/h3-10,18H,1-2H3,(H,21,23)/t10-/m1/s1. The summed E-state index contributed by atoms with van der Waals surface area (Å²) in [5, 5.41) is 13.3. The summed E-state index contributed by atoms with van der Waals surface area (Å²) in [6, 6.07) is 8.72. The van der Waals surface area contributed by atoms with Gasteiger partial charge in [0, 0.05) is 12.1 Å². The molecule has 2 rings (SSSR count). The molecule has 0 heterocycles. The zero-order valence-electron chi connectivity index (χ0n) is 15.3. The highest BCUT2D eigenvalue weighted by molar-refractivity contribution is 5.99. The lowest BCUT2D eigenvalue weighted by molar-refractivity contribution is -0.384. The first kappa shape index (κ1) is 21.5. The van der Waals surface area contributed by atoms with E-state index in [0.29, 0.717) is 0 Å². The quantitative estimate of drug-likeness (QED) is 0.403. The zero-order valence-corrected chi connectivity index (χ0v) is 15.3. The lowest BCUT2D eigenvalue weighted by atomic mass is 10.2. The number of anilines is 1. The number of alkyl halides is 2. The van der Waals surface area contributed by atoms with Gasteiger partial charge in [-0.1, -0.05) is 12.1 Å². The molecule has 0 fully saturated rings. The Bertz CT molecular complexity index is 921. The first-order valence-corrected chi connectivity index (χ1v) is 8.11. The van der Waals surface area contributed by atoms with Crippen molar-refractivity contribution in [2.75, 3.05) is 12.4 Å². The molecule has 0 spiro atoms. The number of nitrogens with zero attached hydrogens (tertiary/aromatic N) is 1. The van der Waals surface area contributed by atoms with E-state index < -0.39 is 35.3 Å². The van der Waals surface area contributed by atoms with Crippen molar-refractivity contribution in [1.82, 2.24) is 0 Å². The number of hydrogen-bond donors (Lipinski definition) is 1. The summed E-state index contributed by atoms with van der Waals surface area (Å²) in [7, 11) is 1.31. The predicted molar refractivity (Wildman–Crippen MR) is 96.2 cm³/mol. The normalized spacial score (nSPS) is 11.5. The fourth-order valence-corrected chi connectivity index (χ4v) is 2.25. The summed E-state index contributed by atoms with van der Waals surface area (Å²) in [5.74, 6) is -2.13. The van der Waals surface area contributed by atoms with Crippen LogP contribution >= 0.6 is 0 Å². The molecular weight excluding hydrogens is 394 g/mol. The van der Waals surface area contributed by atoms with E-state index in [2.05, 4.69) is 10.1 Å². The number of para-hydroxylation sites is 1. The summed E-state index contributed by atoms with van der Waals surface area (Å²) < 4.78 is 39.2. The Morgan fingerprint density at radius 2 is 1.83 bits per heavy atom. The number of rotatable bonds is 8. The molecule has 0 aliphatic heterocycles. The number of methoxy groups -OCH3 is 1. The van der Waals surface area contributed by atoms with E-state index in [1.54, 1.807) is 0 Å². The van der Waals surface area contributed by atoms with Crippen LogP contribution in [0.4, 0.5) is 20.2 Å². The van der Waals surface area contributed by atoms with Crippen LogP contribution in [-0.4, -0.2) is 36.6 Å². The van der Waals surface area contributed by atoms with Gasteiger partial charge in [-0.2, -0.15) is 8.78 Å². The summed E-state index contributed by atoms with van der Waals surface area (Å²) >= 11 is 0. The SMILES string of the molecule is COc1ccc([N+](=O)[O-])cc1NC(=O)[C@@H](C)OC(=O)c1ccccc1OC(F)F. The number of nitrogens with one attached hydrogen (secondary N) is 1. The van der Waals surface area contributed by atoms with Gasteiger partial charge < -0.3 is 19.5 Å². The number of esters is 1.